The minimum atomic E-state index is -3.63. The van der Waals surface area contributed by atoms with Crippen LogP contribution in [0.3, 0.4) is 0 Å². The molecule has 1 heterocycles. The molecule has 2 rings (SSSR count). The van der Waals surface area contributed by atoms with Crippen LogP contribution in [0.1, 0.15) is 12.0 Å². The van der Waals surface area contributed by atoms with Crippen LogP contribution in [0.4, 0.5) is 5.69 Å². The van der Waals surface area contributed by atoms with Crippen molar-refractivity contribution in [2.24, 2.45) is 5.73 Å². The molecule has 21 heavy (non-hydrogen) atoms. The number of benzene rings is 1. The van der Waals surface area contributed by atoms with Crippen molar-refractivity contribution in [3.05, 3.63) is 40.6 Å². The van der Waals surface area contributed by atoms with Gasteiger partial charge in [-0.25, -0.2) is 8.42 Å². The fourth-order valence-electron chi connectivity index (χ4n) is 1.80. The topological polar surface area (TPSA) is 90.0 Å². The number of sulfonamides is 1. The zero-order valence-corrected chi connectivity index (χ0v) is 14.0. The summed E-state index contributed by atoms with van der Waals surface area (Å²) >= 11 is 3.35. The van der Waals surface area contributed by atoms with Crippen molar-refractivity contribution in [1.82, 2.24) is 9.78 Å². The minimum absolute atomic E-state index is 0.141. The van der Waals surface area contributed by atoms with Gasteiger partial charge in [0.1, 0.15) is 4.90 Å². The van der Waals surface area contributed by atoms with E-state index in [0.29, 0.717) is 18.8 Å². The predicted molar refractivity (Wildman–Crippen MR) is 85.6 cm³/mol. The van der Waals surface area contributed by atoms with Crippen LogP contribution in [-0.2, 0) is 16.6 Å². The second-order valence-electron chi connectivity index (χ2n) is 4.65. The highest BCUT2D eigenvalue weighted by molar-refractivity contribution is 9.10. The quantitative estimate of drug-likeness (QED) is 0.812. The zero-order valence-electron chi connectivity index (χ0n) is 11.6. The summed E-state index contributed by atoms with van der Waals surface area (Å²) < 4.78 is 29.7. The molecule has 1 aromatic carbocycles. The van der Waals surface area contributed by atoms with E-state index in [1.54, 1.807) is 16.8 Å². The van der Waals surface area contributed by atoms with Crippen LogP contribution in [0.25, 0.3) is 0 Å². The monoisotopic (exact) mass is 372 g/mol. The Kier molecular flexibility index (Phi) is 5.02. The molecule has 0 fully saturated rings. The van der Waals surface area contributed by atoms with Gasteiger partial charge in [0.05, 0.1) is 11.9 Å². The highest BCUT2D eigenvalue weighted by Crippen LogP contribution is 2.22. The summed E-state index contributed by atoms with van der Waals surface area (Å²) in [6.07, 6.45) is 3.60. The van der Waals surface area contributed by atoms with E-state index in [0.717, 1.165) is 16.5 Å². The normalized spacial score (nSPS) is 11.6. The van der Waals surface area contributed by atoms with Gasteiger partial charge in [0.15, 0.2) is 0 Å². The number of halogens is 1. The number of aromatic nitrogens is 2. The average Bonchev–Trinajstić information content (AvgIpc) is 2.89. The van der Waals surface area contributed by atoms with E-state index < -0.39 is 10.0 Å². The van der Waals surface area contributed by atoms with Gasteiger partial charge in [-0.2, -0.15) is 5.10 Å². The van der Waals surface area contributed by atoms with Crippen LogP contribution in [-0.4, -0.2) is 24.7 Å². The van der Waals surface area contributed by atoms with Crippen LogP contribution < -0.4 is 10.5 Å². The van der Waals surface area contributed by atoms with Gasteiger partial charge >= 0.3 is 0 Å². The van der Waals surface area contributed by atoms with Crippen LogP contribution in [0, 0.1) is 6.92 Å². The number of rotatable bonds is 6. The van der Waals surface area contributed by atoms with Crippen LogP contribution >= 0.6 is 15.9 Å². The SMILES string of the molecule is Cc1cc(Br)ccc1NS(=O)(=O)c1cnn(CCCN)c1. The average molecular weight is 373 g/mol. The zero-order chi connectivity index (χ0) is 15.5. The fraction of sp³-hybridized carbons (Fsp3) is 0.308. The lowest BCUT2D eigenvalue weighted by Crippen LogP contribution is -2.13. The Morgan fingerprint density at radius 1 is 1.43 bits per heavy atom. The van der Waals surface area contributed by atoms with E-state index in [-0.39, 0.29) is 4.90 Å². The first kappa shape index (κ1) is 16.0. The van der Waals surface area contributed by atoms with Crippen molar-refractivity contribution in [1.29, 1.82) is 0 Å². The minimum Gasteiger partial charge on any atom is -0.330 e. The number of anilines is 1. The smallest absolute Gasteiger partial charge is 0.265 e. The lowest BCUT2D eigenvalue weighted by Gasteiger charge is -2.09. The van der Waals surface area contributed by atoms with Crippen molar-refractivity contribution >= 4 is 31.6 Å². The number of hydrogen-bond acceptors (Lipinski definition) is 4. The summed E-state index contributed by atoms with van der Waals surface area (Å²) in [5.41, 5.74) is 6.81. The molecule has 0 spiro atoms. The Labute approximate surface area is 132 Å². The van der Waals surface area contributed by atoms with Crippen molar-refractivity contribution < 1.29 is 8.42 Å². The van der Waals surface area contributed by atoms with E-state index in [2.05, 4.69) is 25.8 Å². The van der Waals surface area contributed by atoms with Gasteiger partial charge in [-0.05, 0) is 43.7 Å². The summed E-state index contributed by atoms with van der Waals surface area (Å²) in [5, 5.41) is 4.03. The Bertz CT molecular complexity index is 728. The van der Waals surface area contributed by atoms with E-state index in [1.807, 2.05) is 13.0 Å². The lowest BCUT2D eigenvalue weighted by atomic mass is 10.2. The molecule has 0 aliphatic heterocycles. The first-order valence-electron chi connectivity index (χ1n) is 6.44. The number of nitrogens with one attached hydrogen (secondary N) is 1. The number of aryl methyl sites for hydroxylation is 2. The van der Waals surface area contributed by atoms with Gasteiger partial charge in [-0.15, -0.1) is 0 Å². The standard InChI is InChI=1S/C13H17BrN4O2S/c1-10-7-11(14)3-4-13(10)17-21(19,20)12-8-16-18(9-12)6-2-5-15/h3-4,7-9,17H,2,5-6,15H2,1H3. The third kappa shape index (κ3) is 4.05. The second-order valence-corrected chi connectivity index (χ2v) is 7.24. The maximum atomic E-state index is 12.3. The van der Waals surface area contributed by atoms with Crippen molar-refractivity contribution in [3.63, 3.8) is 0 Å². The molecule has 0 radical (unpaired) electrons. The highest BCUT2D eigenvalue weighted by Gasteiger charge is 2.17. The Balaban J connectivity index is 2.19. The van der Waals surface area contributed by atoms with Crippen molar-refractivity contribution in [2.75, 3.05) is 11.3 Å². The second kappa shape index (κ2) is 6.59. The molecule has 0 unspecified atom stereocenters. The summed E-state index contributed by atoms with van der Waals surface area (Å²) in [5.74, 6) is 0. The molecule has 8 heteroatoms. The molecule has 0 saturated heterocycles. The highest BCUT2D eigenvalue weighted by atomic mass is 79.9. The maximum Gasteiger partial charge on any atom is 0.265 e. The van der Waals surface area contributed by atoms with Gasteiger partial charge in [0.25, 0.3) is 10.0 Å². The Morgan fingerprint density at radius 2 is 2.19 bits per heavy atom. The molecule has 0 amide bonds. The third-order valence-electron chi connectivity index (χ3n) is 2.94. The van der Waals surface area contributed by atoms with Crippen LogP contribution in [0.15, 0.2) is 40.0 Å². The molecule has 0 saturated carbocycles. The maximum absolute atomic E-state index is 12.3. The summed E-state index contributed by atoms with van der Waals surface area (Å²) in [6, 6.07) is 5.36. The van der Waals surface area contributed by atoms with Gasteiger partial charge in [0.2, 0.25) is 0 Å². The van der Waals surface area contributed by atoms with E-state index in [1.165, 1.54) is 12.4 Å². The number of hydrogen-bond donors (Lipinski definition) is 2. The third-order valence-corrected chi connectivity index (χ3v) is 4.76. The summed E-state index contributed by atoms with van der Waals surface area (Å²) in [7, 11) is -3.63. The van der Waals surface area contributed by atoms with Crippen LogP contribution in [0.2, 0.25) is 0 Å². The van der Waals surface area contributed by atoms with Gasteiger partial charge in [0, 0.05) is 17.2 Å². The molecule has 0 aliphatic carbocycles. The van der Waals surface area contributed by atoms with E-state index in [9.17, 15) is 8.42 Å². The Hall–Kier alpha value is -1.38. The summed E-state index contributed by atoms with van der Waals surface area (Å²) in [6.45, 7) is 2.98. The predicted octanol–water partition coefficient (Wildman–Crippen LogP) is 2.10. The molecule has 2 aromatic rings. The molecule has 0 aliphatic rings. The van der Waals surface area contributed by atoms with E-state index in [4.69, 9.17) is 5.73 Å². The largest absolute Gasteiger partial charge is 0.330 e. The van der Waals surface area contributed by atoms with Crippen LogP contribution in [0.5, 0.6) is 0 Å². The molecular formula is C13H17BrN4O2S. The molecule has 1 aromatic heterocycles. The molecule has 114 valence electrons. The molecule has 0 bridgehead atoms. The first-order valence-corrected chi connectivity index (χ1v) is 8.71. The summed E-state index contributed by atoms with van der Waals surface area (Å²) in [4.78, 5) is 0.141. The van der Waals surface area contributed by atoms with Gasteiger partial charge in [-0.3, -0.25) is 9.40 Å². The Morgan fingerprint density at radius 3 is 2.86 bits per heavy atom. The molecule has 0 atom stereocenters. The van der Waals surface area contributed by atoms with Crippen molar-refractivity contribution in [3.8, 4) is 0 Å². The van der Waals surface area contributed by atoms with Crippen molar-refractivity contribution in [2.45, 2.75) is 24.8 Å². The van der Waals surface area contributed by atoms with Gasteiger partial charge < -0.3 is 5.73 Å². The van der Waals surface area contributed by atoms with Gasteiger partial charge in [-0.1, -0.05) is 15.9 Å². The number of nitrogens with zero attached hydrogens (tertiary/aromatic N) is 2. The number of nitrogens with two attached hydrogens (primary N) is 1. The lowest BCUT2D eigenvalue weighted by molar-refractivity contribution is 0.582. The fourth-order valence-corrected chi connectivity index (χ4v) is 3.36. The molecular weight excluding hydrogens is 356 g/mol. The first-order chi connectivity index (χ1) is 9.92. The van der Waals surface area contributed by atoms with E-state index >= 15 is 0 Å². The molecule has 6 nitrogen and oxygen atoms in total. The molecule has 3 N–H and O–H groups in total.